The smallest absolute Gasteiger partial charge is 0.282 e. The monoisotopic (exact) mass is 364 g/mol. The van der Waals surface area contributed by atoms with E-state index in [1.165, 1.54) is 18.2 Å². The zero-order valence-electron chi connectivity index (χ0n) is 15.1. The maximum Gasteiger partial charge on any atom is 0.282 e. The molecule has 1 heterocycles. The molecule has 138 valence electrons. The Labute approximate surface area is 156 Å². The van der Waals surface area contributed by atoms with Crippen LogP contribution in [0.25, 0.3) is 0 Å². The lowest BCUT2D eigenvalue weighted by molar-refractivity contribution is -0.385. The summed E-state index contributed by atoms with van der Waals surface area (Å²) < 4.78 is 2.06. The molecular formula is C20H20N4O3. The molecular weight excluding hydrogens is 344 g/mol. The number of para-hydroxylation sites is 1. The van der Waals surface area contributed by atoms with Crippen LogP contribution in [0.1, 0.15) is 41.5 Å². The number of nitro benzene ring substituents is 1. The van der Waals surface area contributed by atoms with Gasteiger partial charge in [0.15, 0.2) is 0 Å². The Morgan fingerprint density at radius 2 is 2.00 bits per heavy atom. The van der Waals surface area contributed by atoms with Crippen LogP contribution in [0.4, 0.5) is 11.4 Å². The third kappa shape index (κ3) is 4.20. The number of imidazole rings is 1. The lowest BCUT2D eigenvalue weighted by Crippen LogP contribution is -2.14. The summed E-state index contributed by atoms with van der Waals surface area (Å²) >= 11 is 0. The lowest BCUT2D eigenvalue weighted by atomic mass is 10.1. The minimum Gasteiger partial charge on any atom is -0.330 e. The Morgan fingerprint density at radius 3 is 2.74 bits per heavy atom. The van der Waals surface area contributed by atoms with Gasteiger partial charge in [0, 0.05) is 36.6 Å². The molecule has 1 N–H and O–H groups in total. The van der Waals surface area contributed by atoms with Crippen LogP contribution in [0.5, 0.6) is 0 Å². The van der Waals surface area contributed by atoms with E-state index in [0.29, 0.717) is 18.2 Å². The first-order valence-electron chi connectivity index (χ1n) is 8.60. The molecule has 0 bridgehead atoms. The van der Waals surface area contributed by atoms with Gasteiger partial charge in [0.25, 0.3) is 11.6 Å². The molecule has 7 heteroatoms. The summed E-state index contributed by atoms with van der Waals surface area (Å²) in [6, 6.07) is 13.3. The van der Waals surface area contributed by atoms with Crippen molar-refractivity contribution in [3.63, 3.8) is 0 Å². The van der Waals surface area contributed by atoms with Gasteiger partial charge in [-0.05, 0) is 23.8 Å². The van der Waals surface area contributed by atoms with Crippen molar-refractivity contribution in [3.8, 4) is 0 Å². The SMILES string of the molecule is CC(C)c1nccn1Cc1cccc(NC(=O)c2ccccc2[N+](=O)[O-])c1. The van der Waals surface area contributed by atoms with Gasteiger partial charge in [0.1, 0.15) is 11.4 Å². The van der Waals surface area contributed by atoms with Crippen molar-refractivity contribution in [1.82, 2.24) is 9.55 Å². The van der Waals surface area contributed by atoms with Crippen molar-refractivity contribution in [1.29, 1.82) is 0 Å². The molecule has 1 amide bonds. The molecule has 0 fully saturated rings. The van der Waals surface area contributed by atoms with Gasteiger partial charge in [-0.2, -0.15) is 0 Å². The summed E-state index contributed by atoms with van der Waals surface area (Å²) in [4.78, 5) is 27.4. The molecule has 1 aromatic heterocycles. The largest absolute Gasteiger partial charge is 0.330 e. The molecule has 0 saturated carbocycles. The molecule has 0 radical (unpaired) electrons. The highest BCUT2D eigenvalue weighted by atomic mass is 16.6. The molecule has 3 rings (SSSR count). The molecule has 0 atom stereocenters. The second-order valence-electron chi connectivity index (χ2n) is 6.50. The van der Waals surface area contributed by atoms with Crippen molar-refractivity contribution in [2.45, 2.75) is 26.3 Å². The molecule has 3 aromatic rings. The Balaban J connectivity index is 1.79. The van der Waals surface area contributed by atoms with Crippen molar-refractivity contribution in [2.24, 2.45) is 0 Å². The van der Waals surface area contributed by atoms with Gasteiger partial charge in [-0.15, -0.1) is 0 Å². The number of benzene rings is 2. The molecule has 0 spiro atoms. The van der Waals surface area contributed by atoms with E-state index in [2.05, 4.69) is 28.7 Å². The number of hydrogen-bond acceptors (Lipinski definition) is 4. The summed E-state index contributed by atoms with van der Waals surface area (Å²) in [6.45, 7) is 4.80. The van der Waals surface area contributed by atoms with Crippen LogP contribution < -0.4 is 5.32 Å². The Kier molecular flexibility index (Phi) is 5.30. The number of nitrogens with one attached hydrogen (secondary N) is 1. The fourth-order valence-corrected chi connectivity index (χ4v) is 2.92. The normalized spacial score (nSPS) is 10.8. The van der Waals surface area contributed by atoms with E-state index in [9.17, 15) is 14.9 Å². The zero-order valence-corrected chi connectivity index (χ0v) is 15.1. The summed E-state index contributed by atoms with van der Waals surface area (Å²) in [5.41, 5.74) is 1.40. The van der Waals surface area contributed by atoms with E-state index in [0.717, 1.165) is 11.4 Å². The number of aromatic nitrogens is 2. The second kappa shape index (κ2) is 7.82. The zero-order chi connectivity index (χ0) is 19.4. The van der Waals surface area contributed by atoms with Gasteiger partial charge in [-0.3, -0.25) is 14.9 Å². The first kappa shape index (κ1) is 18.3. The molecule has 27 heavy (non-hydrogen) atoms. The quantitative estimate of drug-likeness (QED) is 0.524. The van der Waals surface area contributed by atoms with Gasteiger partial charge in [-0.25, -0.2) is 4.98 Å². The summed E-state index contributed by atoms with van der Waals surface area (Å²) in [6.07, 6.45) is 3.70. The van der Waals surface area contributed by atoms with Crippen molar-refractivity contribution < 1.29 is 9.72 Å². The van der Waals surface area contributed by atoms with Gasteiger partial charge < -0.3 is 9.88 Å². The third-order valence-electron chi connectivity index (χ3n) is 4.15. The number of hydrogen-bond donors (Lipinski definition) is 1. The van der Waals surface area contributed by atoms with E-state index < -0.39 is 10.8 Å². The van der Waals surface area contributed by atoms with Crippen molar-refractivity contribution in [3.05, 3.63) is 88.0 Å². The number of carbonyl (C=O) groups excluding carboxylic acids is 1. The van der Waals surface area contributed by atoms with E-state index in [1.807, 2.05) is 24.4 Å². The maximum atomic E-state index is 12.5. The average molecular weight is 364 g/mol. The lowest BCUT2D eigenvalue weighted by Gasteiger charge is -2.12. The van der Waals surface area contributed by atoms with Crippen LogP contribution in [-0.2, 0) is 6.54 Å². The van der Waals surface area contributed by atoms with Crippen LogP contribution in [0, 0.1) is 10.1 Å². The minimum absolute atomic E-state index is 0.0320. The molecule has 7 nitrogen and oxygen atoms in total. The summed E-state index contributed by atoms with van der Waals surface area (Å²) in [5.74, 6) is 0.788. The number of rotatable bonds is 6. The fraction of sp³-hybridized carbons (Fsp3) is 0.200. The summed E-state index contributed by atoms with van der Waals surface area (Å²) in [7, 11) is 0. The summed E-state index contributed by atoms with van der Waals surface area (Å²) in [5, 5.41) is 13.9. The first-order chi connectivity index (χ1) is 13.0. The van der Waals surface area contributed by atoms with Gasteiger partial charge in [-0.1, -0.05) is 38.1 Å². The number of nitro groups is 1. The minimum atomic E-state index is -0.558. The Bertz CT molecular complexity index is 979. The van der Waals surface area contributed by atoms with Gasteiger partial charge >= 0.3 is 0 Å². The van der Waals surface area contributed by atoms with Gasteiger partial charge in [0.2, 0.25) is 0 Å². The first-order valence-corrected chi connectivity index (χ1v) is 8.60. The van der Waals surface area contributed by atoms with Crippen molar-refractivity contribution >= 4 is 17.3 Å². The highest BCUT2D eigenvalue weighted by molar-refractivity contribution is 6.07. The van der Waals surface area contributed by atoms with Crippen LogP contribution in [-0.4, -0.2) is 20.4 Å². The van der Waals surface area contributed by atoms with Crippen LogP contribution in [0.2, 0.25) is 0 Å². The molecule has 0 unspecified atom stereocenters. The van der Waals surface area contributed by atoms with Crippen molar-refractivity contribution in [2.75, 3.05) is 5.32 Å². The molecule has 0 aliphatic rings. The average Bonchev–Trinajstić information content (AvgIpc) is 3.10. The fourth-order valence-electron chi connectivity index (χ4n) is 2.92. The standard InChI is InChI=1S/C20H20N4O3/c1-14(2)19-21-10-11-23(19)13-15-6-5-7-16(12-15)22-20(25)17-8-3-4-9-18(17)24(26)27/h3-12,14H,13H2,1-2H3,(H,22,25). The highest BCUT2D eigenvalue weighted by Crippen LogP contribution is 2.21. The number of amides is 1. The van der Waals surface area contributed by atoms with Crippen LogP contribution in [0.3, 0.4) is 0 Å². The molecule has 0 saturated heterocycles. The number of carbonyl (C=O) groups is 1. The highest BCUT2D eigenvalue weighted by Gasteiger charge is 2.19. The van der Waals surface area contributed by atoms with E-state index >= 15 is 0 Å². The third-order valence-corrected chi connectivity index (χ3v) is 4.15. The van der Waals surface area contributed by atoms with E-state index in [4.69, 9.17) is 0 Å². The van der Waals surface area contributed by atoms with Crippen LogP contribution in [0.15, 0.2) is 60.9 Å². The predicted molar refractivity (Wildman–Crippen MR) is 103 cm³/mol. The topological polar surface area (TPSA) is 90.1 Å². The Hall–Kier alpha value is -3.48. The number of anilines is 1. The number of nitrogens with zero attached hydrogens (tertiary/aromatic N) is 3. The molecule has 0 aliphatic carbocycles. The Morgan fingerprint density at radius 1 is 1.22 bits per heavy atom. The second-order valence-corrected chi connectivity index (χ2v) is 6.50. The van der Waals surface area contributed by atoms with E-state index in [-0.39, 0.29) is 11.3 Å². The predicted octanol–water partition coefficient (Wildman–Crippen LogP) is 4.22. The molecule has 0 aliphatic heterocycles. The molecule has 2 aromatic carbocycles. The van der Waals surface area contributed by atoms with E-state index in [1.54, 1.807) is 18.3 Å². The van der Waals surface area contributed by atoms with Crippen LogP contribution >= 0.6 is 0 Å². The van der Waals surface area contributed by atoms with Gasteiger partial charge in [0.05, 0.1) is 4.92 Å². The maximum absolute atomic E-state index is 12.5.